The van der Waals surface area contributed by atoms with E-state index in [1.807, 2.05) is 12.1 Å². The summed E-state index contributed by atoms with van der Waals surface area (Å²) in [7, 11) is 1.65. The van der Waals surface area contributed by atoms with Gasteiger partial charge in [0.1, 0.15) is 0 Å². The minimum atomic E-state index is 0.0901. The van der Waals surface area contributed by atoms with Gasteiger partial charge in [0, 0.05) is 18.0 Å². The molecule has 0 spiro atoms. The Labute approximate surface area is 97.0 Å². The molecule has 0 atom stereocenters. The molecule has 2 rings (SSSR count). The summed E-state index contributed by atoms with van der Waals surface area (Å²) in [6.07, 6.45) is 6.16. The van der Waals surface area contributed by atoms with Crippen molar-refractivity contribution in [3.63, 3.8) is 0 Å². The van der Waals surface area contributed by atoms with Crippen molar-refractivity contribution in [2.24, 2.45) is 5.73 Å². The minimum Gasteiger partial charge on any atom is -0.481 e. The van der Waals surface area contributed by atoms with Gasteiger partial charge in [0.25, 0.3) is 0 Å². The second-order valence-electron chi connectivity index (χ2n) is 4.61. The van der Waals surface area contributed by atoms with Crippen LogP contribution in [0.2, 0.25) is 0 Å². The van der Waals surface area contributed by atoms with Crippen molar-refractivity contribution in [2.75, 3.05) is 13.7 Å². The Balaban J connectivity index is 2.31. The molecule has 0 radical (unpaired) electrons. The molecule has 0 unspecified atom stereocenters. The summed E-state index contributed by atoms with van der Waals surface area (Å²) in [5.41, 5.74) is 7.18. The van der Waals surface area contributed by atoms with Gasteiger partial charge in [-0.15, -0.1) is 0 Å². The largest absolute Gasteiger partial charge is 0.481 e. The lowest BCUT2D eigenvalue weighted by atomic mass is 9.71. The van der Waals surface area contributed by atoms with E-state index in [2.05, 4.69) is 11.1 Å². The Morgan fingerprint density at radius 1 is 1.31 bits per heavy atom. The van der Waals surface area contributed by atoms with Crippen LogP contribution in [-0.4, -0.2) is 18.6 Å². The summed E-state index contributed by atoms with van der Waals surface area (Å²) in [5.74, 6) is 0.691. The van der Waals surface area contributed by atoms with E-state index in [1.165, 1.54) is 19.3 Å². The number of hydrogen-bond donors (Lipinski definition) is 1. The van der Waals surface area contributed by atoms with Crippen molar-refractivity contribution in [2.45, 2.75) is 37.5 Å². The van der Waals surface area contributed by atoms with Crippen LogP contribution < -0.4 is 10.5 Å². The van der Waals surface area contributed by atoms with Gasteiger partial charge in [0.15, 0.2) is 0 Å². The van der Waals surface area contributed by atoms with Gasteiger partial charge in [-0.1, -0.05) is 25.3 Å². The normalized spacial score (nSPS) is 19.4. The predicted molar refractivity (Wildman–Crippen MR) is 64.6 cm³/mol. The fourth-order valence-corrected chi connectivity index (χ4v) is 2.62. The zero-order valence-corrected chi connectivity index (χ0v) is 9.91. The molecule has 0 amide bonds. The van der Waals surface area contributed by atoms with Crippen LogP contribution in [0.4, 0.5) is 0 Å². The van der Waals surface area contributed by atoms with Gasteiger partial charge in [-0.3, -0.25) is 0 Å². The summed E-state index contributed by atoms with van der Waals surface area (Å²) in [6.45, 7) is 0.688. The Kier molecular flexibility index (Phi) is 3.44. The lowest BCUT2D eigenvalue weighted by Crippen LogP contribution is -2.37. The minimum absolute atomic E-state index is 0.0901. The summed E-state index contributed by atoms with van der Waals surface area (Å²) in [6, 6.07) is 5.98. The number of aromatic nitrogens is 1. The number of hydrogen-bond acceptors (Lipinski definition) is 3. The molecule has 16 heavy (non-hydrogen) atoms. The summed E-state index contributed by atoms with van der Waals surface area (Å²) in [5, 5.41) is 0. The number of methoxy groups -OCH3 is 1. The molecule has 0 aliphatic heterocycles. The highest BCUT2D eigenvalue weighted by Crippen LogP contribution is 2.38. The van der Waals surface area contributed by atoms with E-state index in [-0.39, 0.29) is 5.41 Å². The van der Waals surface area contributed by atoms with Crippen molar-refractivity contribution >= 4 is 0 Å². The monoisotopic (exact) mass is 220 g/mol. The van der Waals surface area contributed by atoms with Gasteiger partial charge in [0.05, 0.1) is 12.8 Å². The molecule has 1 aromatic rings. The van der Waals surface area contributed by atoms with Crippen LogP contribution in [0.25, 0.3) is 0 Å². The first-order valence-corrected chi connectivity index (χ1v) is 6.02. The van der Waals surface area contributed by atoms with E-state index in [1.54, 1.807) is 7.11 Å². The molecule has 88 valence electrons. The van der Waals surface area contributed by atoms with E-state index in [9.17, 15) is 0 Å². The van der Waals surface area contributed by atoms with E-state index < -0.39 is 0 Å². The standard InChI is InChI=1S/C13H20N2O/c1-16-12-7-5-6-11(15-12)13(10-14)8-3-2-4-9-13/h5-7H,2-4,8-10,14H2,1H3. The van der Waals surface area contributed by atoms with E-state index >= 15 is 0 Å². The lowest BCUT2D eigenvalue weighted by molar-refractivity contribution is 0.289. The van der Waals surface area contributed by atoms with E-state index in [4.69, 9.17) is 10.5 Å². The van der Waals surface area contributed by atoms with Crippen molar-refractivity contribution in [1.29, 1.82) is 0 Å². The molecule has 1 aliphatic rings. The SMILES string of the molecule is COc1cccc(C2(CN)CCCCC2)n1. The van der Waals surface area contributed by atoms with Crippen LogP contribution in [0, 0.1) is 0 Å². The molecule has 0 saturated heterocycles. The highest BCUT2D eigenvalue weighted by atomic mass is 16.5. The number of nitrogens with two attached hydrogens (primary N) is 1. The smallest absolute Gasteiger partial charge is 0.213 e. The van der Waals surface area contributed by atoms with Gasteiger partial charge in [-0.05, 0) is 18.9 Å². The molecule has 1 aromatic heterocycles. The molecule has 2 N–H and O–H groups in total. The molecule has 3 nitrogen and oxygen atoms in total. The van der Waals surface area contributed by atoms with Gasteiger partial charge >= 0.3 is 0 Å². The maximum Gasteiger partial charge on any atom is 0.213 e. The van der Waals surface area contributed by atoms with Crippen molar-refractivity contribution in [3.8, 4) is 5.88 Å². The quantitative estimate of drug-likeness (QED) is 0.850. The van der Waals surface area contributed by atoms with Gasteiger partial charge in [-0.2, -0.15) is 0 Å². The Morgan fingerprint density at radius 2 is 2.06 bits per heavy atom. The summed E-state index contributed by atoms with van der Waals surface area (Å²) >= 11 is 0. The zero-order valence-electron chi connectivity index (χ0n) is 9.91. The van der Waals surface area contributed by atoms with Crippen LogP contribution >= 0.6 is 0 Å². The molecule has 3 heteroatoms. The number of rotatable bonds is 3. The average molecular weight is 220 g/mol. The molecular weight excluding hydrogens is 200 g/mol. The maximum absolute atomic E-state index is 5.98. The van der Waals surface area contributed by atoms with Crippen molar-refractivity contribution in [1.82, 2.24) is 4.98 Å². The summed E-state index contributed by atoms with van der Waals surface area (Å²) < 4.78 is 5.18. The highest BCUT2D eigenvalue weighted by molar-refractivity contribution is 5.24. The second kappa shape index (κ2) is 4.83. The first-order chi connectivity index (χ1) is 7.80. The van der Waals surface area contributed by atoms with Crippen LogP contribution in [0.1, 0.15) is 37.8 Å². The molecule has 1 aliphatic carbocycles. The topological polar surface area (TPSA) is 48.1 Å². The third kappa shape index (κ3) is 2.05. The van der Waals surface area contributed by atoms with Crippen LogP contribution in [0.5, 0.6) is 5.88 Å². The van der Waals surface area contributed by atoms with Gasteiger partial charge < -0.3 is 10.5 Å². The lowest BCUT2D eigenvalue weighted by Gasteiger charge is -2.35. The number of ether oxygens (including phenoxy) is 1. The average Bonchev–Trinajstić information content (AvgIpc) is 2.39. The fraction of sp³-hybridized carbons (Fsp3) is 0.615. The van der Waals surface area contributed by atoms with E-state index in [0.717, 1.165) is 18.5 Å². The third-order valence-electron chi connectivity index (χ3n) is 3.68. The maximum atomic E-state index is 5.98. The highest BCUT2D eigenvalue weighted by Gasteiger charge is 2.33. The predicted octanol–water partition coefficient (Wildman–Crippen LogP) is 2.25. The Bertz CT molecular complexity index is 346. The molecule has 0 aromatic carbocycles. The number of pyridine rings is 1. The second-order valence-corrected chi connectivity index (χ2v) is 4.61. The molecule has 1 saturated carbocycles. The fourth-order valence-electron chi connectivity index (χ4n) is 2.62. The van der Waals surface area contributed by atoms with E-state index in [0.29, 0.717) is 12.4 Å². The summed E-state index contributed by atoms with van der Waals surface area (Å²) in [4.78, 5) is 4.56. The third-order valence-corrected chi connectivity index (χ3v) is 3.68. The molecule has 0 bridgehead atoms. The van der Waals surface area contributed by atoms with Crippen LogP contribution in [-0.2, 0) is 5.41 Å². The molecular formula is C13H20N2O. The van der Waals surface area contributed by atoms with Crippen molar-refractivity contribution < 1.29 is 4.74 Å². The Hall–Kier alpha value is -1.09. The molecule has 1 fully saturated rings. The first-order valence-electron chi connectivity index (χ1n) is 6.02. The zero-order chi connectivity index (χ0) is 11.4. The molecule has 1 heterocycles. The van der Waals surface area contributed by atoms with Gasteiger partial charge in [-0.25, -0.2) is 4.98 Å². The number of nitrogens with zero attached hydrogens (tertiary/aromatic N) is 1. The van der Waals surface area contributed by atoms with Crippen LogP contribution in [0.15, 0.2) is 18.2 Å². The van der Waals surface area contributed by atoms with Crippen molar-refractivity contribution in [3.05, 3.63) is 23.9 Å². The van der Waals surface area contributed by atoms with Crippen LogP contribution in [0.3, 0.4) is 0 Å². The van der Waals surface area contributed by atoms with Gasteiger partial charge in [0.2, 0.25) is 5.88 Å². The first kappa shape index (κ1) is 11.4. The Morgan fingerprint density at radius 3 is 2.69 bits per heavy atom.